The van der Waals surface area contributed by atoms with E-state index in [9.17, 15) is 4.79 Å². The molecule has 3 aromatic rings. The minimum Gasteiger partial charge on any atom is -0.497 e. The molecule has 1 amide bonds. The maximum absolute atomic E-state index is 12.2. The van der Waals surface area contributed by atoms with Crippen LogP contribution in [0.1, 0.15) is 21.5 Å². The summed E-state index contributed by atoms with van der Waals surface area (Å²) >= 11 is 6.12. The normalized spacial score (nSPS) is 10.3. The van der Waals surface area contributed by atoms with Gasteiger partial charge in [-0.05, 0) is 29.3 Å². The van der Waals surface area contributed by atoms with Gasteiger partial charge in [0, 0.05) is 30.5 Å². The Balaban J connectivity index is 1.52. The van der Waals surface area contributed by atoms with Crippen LogP contribution in [0.3, 0.4) is 0 Å². The topological polar surface area (TPSA) is 76.1 Å². The summed E-state index contributed by atoms with van der Waals surface area (Å²) in [6.45, 7) is 0.915. The van der Waals surface area contributed by atoms with E-state index in [0.717, 1.165) is 16.9 Å². The number of rotatable bonds is 7. The molecule has 2 N–H and O–H groups in total. The summed E-state index contributed by atoms with van der Waals surface area (Å²) in [5.41, 5.74) is 2.32. The third-order valence-electron chi connectivity index (χ3n) is 3.92. The van der Waals surface area contributed by atoms with Crippen molar-refractivity contribution in [3.63, 3.8) is 0 Å². The monoisotopic (exact) mass is 382 g/mol. The third-order valence-corrected chi connectivity index (χ3v) is 4.29. The molecule has 0 unspecified atom stereocenters. The highest BCUT2D eigenvalue weighted by Gasteiger charge is 2.07. The molecule has 3 rings (SSSR count). The van der Waals surface area contributed by atoms with Gasteiger partial charge in [-0.1, -0.05) is 41.9 Å². The molecule has 0 aliphatic carbocycles. The van der Waals surface area contributed by atoms with Gasteiger partial charge in [-0.15, -0.1) is 0 Å². The van der Waals surface area contributed by atoms with Crippen LogP contribution in [0.25, 0.3) is 0 Å². The molecular formula is C20H19ClN4O2. The maximum Gasteiger partial charge on any atom is 0.254 e. The van der Waals surface area contributed by atoms with E-state index in [0.29, 0.717) is 29.6 Å². The number of hydrogen-bond acceptors (Lipinski definition) is 5. The lowest BCUT2D eigenvalue weighted by molar-refractivity contribution is 0.0950. The molecule has 27 heavy (non-hydrogen) atoms. The fourth-order valence-electron chi connectivity index (χ4n) is 2.38. The van der Waals surface area contributed by atoms with Gasteiger partial charge in [0.05, 0.1) is 12.7 Å². The summed E-state index contributed by atoms with van der Waals surface area (Å²) in [4.78, 5) is 20.6. The molecule has 0 radical (unpaired) electrons. The average Bonchev–Trinajstić information content (AvgIpc) is 2.72. The third kappa shape index (κ3) is 5.18. The van der Waals surface area contributed by atoms with E-state index in [1.807, 2.05) is 48.5 Å². The van der Waals surface area contributed by atoms with Crippen molar-refractivity contribution in [2.24, 2.45) is 0 Å². The number of nitrogens with zero attached hydrogens (tertiary/aromatic N) is 2. The van der Waals surface area contributed by atoms with Crippen molar-refractivity contribution in [3.8, 4) is 5.75 Å². The molecule has 138 valence electrons. The molecule has 0 aliphatic rings. The second-order valence-corrected chi connectivity index (χ2v) is 6.18. The van der Waals surface area contributed by atoms with Gasteiger partial charge in [0.15, 0.2) is 0 Å². The van der Waals surface area contributed by atoms with Crippen LogP contribution >= 0.6 is 11.6 Å². The van der Waals surface area contributed by atoms with Crippen LogP contribution < -0.4 is 15.4 Å². The first kappa shape index (κ1) is 18.7. The summed E-state index contributed by atoms with van der Waals surface area (Å²) < 4.78 is 5.11. The van der Waals surface area contributed by atoms with Crippen molar-refractivity contribution in [2.75, 3.05) is 12.4 Å². The van der Waals surface area contributed by atoms with Crippen LogP contribution in [0.2, 0.25) is 5.02 Å². The van der Waals surface area contributed by atoms with Crippen LogP contribution in [-0.4, -0.2) is 23.0 Å². The molecule has 0 bridgehead atoms. The van der Waals surface area contributed by atoms with Gasteiger partial charge in [-0.25, -0.2) is 9.97 Å². The fourth-order valence-corrected chi connectivity index (χ4v) is 2.58. The number of anilines is 1. The molecule has 0 saturated heterocycles. The van der Waals surface area contributed by atoms with Crippen LogP contribution in [0.4, 0.5) is 5.95 Å². The Morgan fingerprint density at radius 1 is 1.04 bits per heavy atom. The first-order valence-corrected chi connectivity index (χ1v) is 8.74. The van der Waals surface area contributed by atoms with Gasteiger partial charge in [-0.2, -0.15) is 0 Å². The number of nitrogens with one attached hydrogen (secondary N) is 2. The van der Waals surface area contributed by atoms with E-state index < -0.39 is 0 Å². The minimum absolute atomic E-state index is 0.233. The second-order valence-electron chi connectivity index (χ2n) is 5.77. The van der Waals surface area contributed by atoms with Gasteiger partial charge in [0.1, 0.15) is 5.75 Å². The van der Waals surface area contributed by atoms with Gasteiger partial charge >= 0.3 is 0 Å². The summed E-state index contributed by atoms with van der Waals surface area (Å²) in [5.74, 6) is 0.975. The summed E-state index contributed by atoms with van der Waals surface area (Å²) in [6.07, 6.45) is 2.98. The first-order chi connectivity index (χ1) is 13.2. The van der Waals surface area contributed by atoms with Crippen LogP contribution in [0.15, 0.2) is 60.9 Å². The van der Waals surface area contributed by atoms with E-state index in [-0.39, 0.29) is 5.91 Å². The highest BCUT2D eigenvalue weighted by molar-refractivity contribution is 6.31. The molecule has 0 aliphatic heterocycles. The second kappa shape index (κ2) is 9.00. The van der Waals surface area contributed by atoms with Crippen molar-refractivity contribution in [3.05, 3.63) is 82.6 Å². The maximum atomic E-state index is 12.2. The Kier molecular flexibility index (Phi) is 6.22. The van der Waals surface area contributed by atoms with Crippen molar-refractivity contribution in [2.45, 2.75) is 13.1 Å². The minimum atomic E-state index is -0.233. The molecule has 1 aromatic heterocycles. The van der Waals surface area contributed by atoms with Gasteiger partial charge < -0.3 is 15.4 Å². The largest absolute Gasteiger partial charge is 0.497 e. The lowest BCUT2D eigenvalue weighted by Crippen LogP contribution is -2.23. The number of amides is 1. The Morgan fingerprint density at radius 3 is 2.41 bits per heavy atom. The zero-order valence-electron chi connectivity index (χ0n) is 14.8. The van der Waals surface area contributed by atoms with Crippen LogP contribution in [0.5, 0.6) is 5.75 Å². The molecule has 0 spiro atoms. The molecule has 7 heteroatoms. The lowest BCUT2D eigenvalue weighted by Gasteiger charge is -2.08. The van der Waals surface area contributed by atoms with Gasteiger partial charge in [0.2, 0.25) is 5.95 Å². The molecule has 0 saturated carbocycles. The Bertz CT molecular complexity index is 899. The zero-order chi connectivity index (χ0) is 19.1. The molecular weight excluding hydrogens is 364 g/mol. The Hall–Kier alpha value is -3.12. The molecule has 6 nitrogen and oxygen atoms in total. The molecule has 0 atom stereocenters. The van der Waals surface area contributed by atoms with Gasteiger partial charge in [0.25, 0.3) is 5.91 Å². The molecule has 2 aromatic carbocycles. The summed E-state index contributed by atoms with van der Waals surface area (Å²) in [5, 5.41) is 6.61. The van der Waals surface area contributed by atoms with Crippen molar-refractivity contribution >= 4 is 23.5 Å². The smallest absolute Gasteiger partial charge is 0.254 e. The number of carbonyl (C=O) groups is 1. The number of aromatic nitrogens is 2. The highest BCUT2D eigenvalue weighted by Crippen LogP contribution is 2.16. The van der Waals surface area contributed by atoms with E-state index >= 15 is 0 Å². The number of methoxy groups -OCH3 is 1. The molecule has 0 fully saturated rings. The Morgan fingerprint density at radius 2 is 1.74 bits per heavy atom. The van der Waals surface area contributed by atoms with Crippen molar-refractivity contribution in [1.29, 1.82) is 0 Å². The van der Waals surface area contributed by atoms with E-state index in [1.54, 1.807) is 7.11 Å². The summed E-state index contributed by atoms with van der Waals surface area (Å²) in [7, 11) is 1.61. The standard InChI is InChI=1S/C20H19ClN4O2/c1-27-17-8-6-14(7-9-17)10-22-19(26)16-12-24-20(25-13-16)23-11-15-4-2-3-5-18(15)21/h2-9,12-13H,10-11H2,1H3,(H,22,26)(H,23,24,25). The number of carbonyl (C=O) groups excluding carboxylic acids is 1. The fraction of sp³-hybridized carbons (Fsp3) is 0.150. The van der Waals surface area contributed by atoms with Crippen molar-refractivity contribution < 1.29 is 9.53 Å². The van der Waals surface area contributed by atoms with E-state index in [1.165, 1.54) is 12.4 Å². The van der Waals surface area contributed by atoms with Crippen LogP contribution in [0, 0.1) is 0 Å². The number of benzene rings is 2. The SMILES string of the molecule is COc1ccc(CNC(=O)c2cnc(NCc3ccccc3Cl)nc2)cc1. The van der Waals surface area contributed by atoms with Crippen molar-refractivity contribution in [1.82, 2.24) is 15.3 Å². The quantitative estimate of drug-likeness (QED) is 0.651. The zero-order valence-corrected chi connectivity index (χ0v) is 15.5. The van der Waals surface area contributed by atoms with E-state index in [4.69, 9.17) is 16.3 Å². The highest BCUT2D eigenvalue weighted by atomic mass is 35.5. The lowest BCUT2D eigenvalue weighted by atomic mass is 10.2. The number of hydrogen-bond donors (Lipinski definition) is 2. The average molecular weight is 383 g/mol. The predicted octanol–water partition coefficient (Wildman–Crippen LogP) is 3.68. The predicted molar refractivity (Wildman–Crippen MR) is 105 cm³/mol. The van der Waals surface area contributed by atoms with Gasteiger partial charge in [-0.3, -0.25) is 4.79 Å². The number of ether oxygens (including phenoxy) is 1. The number of halogens is 1. The first-order valence-electron chi connectivity index (χ1n) is 8.36. The van der Waals surface area contributed by atoms with Crippen LogP contribution in [-0.2, 0) is 13.1 Å². The van der Waals surface area contributed by atoms with E-state index in [2.05, 4.69) is 20.6 Å². The Labute approximate surface area is 162 Å². The molecule has 1 heterocycles. The summed E-state index contributed by atoms with van der Waals surface area (Å²) in [6, 6.07) is 15.1.